The van der Waals surface area contributed by atoms with Crippen LogP contribution in [0, 0.1) is 6.92 Å². The third-order valence-corrected chi connectivity index (χ3v) is 3.31. The monoisotopic (exact) mass is 290 g/mol. The average Bonchev–Trinajstić information content (AvgIpc) is 2.80. The third-order valence-electron chi connectivity index (χ3n) is 2.68. The Labute approximate surface area is 122 Å². The first kappa shape index (κ1) is 14.6. The molecule has 6 heteroatoms. The summed E-state index contributed by atoms with van der Waals surface area (Å²) < 4.78 is 4.26. The van der Waals surface area contributed by atoms with Crippen LogP contribution in [0.25, 0.3) is 0 Å². The number of aromatic nitrogens is 3. The molecule has 0 unspecified atom stereocenters. The van der Waals surface area contributed by atoms with Gasteiger partial charge in [0.2, 0.25) is 11.0 Å². The number of amides is 1. The molecule has 0 aliphatic rings. The Kier molecular flexibility index (Phi) is 4.13. The topological polar surface area (TPSA) is 67.8 Å². The predicted molar refractivity (Wildman–Crippen MR) is 79.9 cm³/mol. The summed E-state index contributed by atoms with van der Waals surface area (Å²) in [4.78, 5) is 20.4. The summed E-state index contributed by atoms with van der Waals surface area (Å²) in [5.41, 5.74) is 1.71. The first-order valence-electron chi connectivity index (χ1n) is 6.40. The van der Waals surface area contributed by atoms with Crippen molar-refractivity contribution < 1.29 is 4.79 Å². The summed E-state index contributed by atoms with van der Waals surface area (Å²) in [5, 5.41) is 3.32. The summed E-state index contributed by atoms with van der Waals surface area (Å²) >= 11 is 1.21. The number of nitrogens with one attached hydrogen (secondary N) is 1. The van der Waals surface area contributed by atoms with Crippen LogP contribution in [-0.2, 0) is 16.6 Å². The van der Waals surface area contributed by atoms with Crippen molar-refractivity contribution in [1.29, 1.82) is 0 Å². The highest BCUT2D eigenvalue weighted by Gasteiger charge is 2.20. The fraction of sp³-hybridized carbons (Fsp3) is 0.429. The second kappa shape index (κ2) is 5.66. The molecule has 5 nitrogen and oxygen atoms in total. The molecular formula is C14H18N4OS. The van der Waals surface area contributed by atoms with Crippen molar-refractivity contribution in [2.45, 2.75) is 39.5 Å². The van der Waals surface area contributed by atoms with E-state index in [4.69, 9.17) is 0 Å². The molecule has 0 bridgehead atoms. The predicted octanol–water partition coefficient (Wildman–Crippen LogP) is 2.72. The van der Waals surface area contributed by atoms with Crippen molar-refractivity contribution >= 4 is 22.6 Å². The molecule has 2 aromatic heterocycles. The molecule has 0 radical (unpaired) electrons. The molecule has 2 heterocycles. The van der Waals surface area contributed by atoms with Crippen molar-refractivity contribution in [2.24, 2.45) is 0 Å². The van der Waals surface area contributed by atoms with Crippen molar-refractivity contribution in [1.82, 2.24) is 14.3 Å². The molecule has 2 aromatic rings. The molecule has 0 saturated carbocycles. The highest BCUT2D eigenvalue weighted by Crippen LogP contribution is 2.22. The molecule has 0 saturated heterocycles. The Balaban J connectivity index is 1.98. The molecule has 0 spiro atoms. The van der Waals surface area contributed by atoms with Crippen molar-refractivity contribution in [3.8, 4) is 0 Å². The van der Waals surface area contributed by atoms with E-state index >= 15 is 0 Å². The van der Waals surface area contributed by atoms with Gasteiger partial charge in [0.1, 0.15) is 5.82 Å². The molecule has 0 aliphatic heterocycles. The summed E-state index contributed by atoms with van der Waals surface area (Å²) in [6.07, 6.45) is 2.01. The van der Waals surface area contributed by atoms with Crippen LogP contribution in [0.15, 0.2) is 18.3 Å². The lowest BCUT2D eigenvalue weighted by molar-refractivity contribution is -0.115. The molecule has 0 fully saturated rings. The van der Waals surface area contributed by atoms with E-state index in [0.29, 0.717) is 5.13 Å². The van der Waals surface area contributed by atoms with Crippen molar-refractivity contribution in [2.75, 3.05) is 5.32 Å². The van der Waals surface area contributed by atoms with Gasteiger partial charge in [-0.25, -0.2) is 4.98 Å². The van der Waals surface area contributed by atoms with E-state index in [2.05, 4.69) is 19.7 Å². The van der Waals surface area contributed by atoms with E-state index in [9.17, 15) is 4.79 Å². The Morgan fingerprint density at radius 1 is 1.35 bits per heavy atom. The van der Waals surface area contributed by atoms with Crippen LogP contribution in [0.4, 0.5) is 5.13 Å². The fourth-order valence-corrected chi connectivity index (χ4v) is 2.31. The van der Waals surface area contributed by atoms with Crippen molar-refractivity contribution in [3.05, 3.63) is 35.4 Å². The van der Waals surface area contributed by atoms with Gasteiger partial charge in [0, 0.05) is 28.8 Å². The zero-order chi connectivity index (χ0) is 14.8. The van der Waals surface area contributed by atoms with Crippen LogP contribution in [0.3, 0.4) is 0 Å². The Morgan fingerprint density at radius 2 is 2.10 bits per heavy atom. The molecular weight excluding hydrogens is 272 g/mol. The minimum absolute atomic E-state index is 0.104. The molecule has 1 amide bonds. The molecule has 0 aromatic carbocycles. The molecule has 1 N–H and O–H groups in total. The molecule has 2 rings (SSSR count). The van der Waals surface area contributed by atoms with Crippen LogP contribution >= 0.6 is 11.5 Å². The number of anilines is 1. The van der Waals surface area contributed by atoms with Gasteiger partial charge < -0.3 is 5.32 Å². The number of rotatable bonds is 3. The maximum Gasteiger partial charge on any atom is 0.230 e. The van der Waals surface area contributed by atoms with Gasteiger partial charge in [-0.15, -0.1) is 0 Å². The third kappa shape index (κ3) is 3.84. The maximum absolute atomic E-state index is 11.9. The van der Waals surface area contributed by atoms with Gasteiger partial charge in [-0.2, -0.15) is 4.37 Å². The smallest absolute Gasteiger partial charge is 0.230 e. The number of nitrogens with zero attached hydrogens (tertiary/aromatic N) is 3. The van der Waals surface area contributed by atoms with Crippen molar-refractivity contribution in [3.63, 3.8) is 0 Å². The first-order valence-corrected chi connectivity index (χ1v) is 7.17. The van der Waals surface area contributed by atoms with E-state index in [-0.39, 0.29) is 17.7 Å². The van der Waals surface area contributed by atoms with Gasteiger partial charge in [0.05, 0.1) is 6.42 Å². The normalized spacial score (nSPS) is 11.4. The molecule has 0 atom stereocenters. The Hall–Kier alpha value is -1.82. The SMILES string of the molecule is Cc1ccc(CC(=O)Nc2nc(C(C)(C)C)ns2)cn1. The van der Waals surface area contributed by atoms with Crippen LogP contribution in [0.2, 0.25) is 0 Å². The minimum Gasteiger partial charge on any atom is -0.300 e. The lowest BCUT2D eigenvalue weighted by Gasteiger charge is -2.12. The van der Waals surface area contributed by atoms with Crippen LogP contribution in [0.5, 0.6) is 0 Å². The highest BCUT2D eigenvalue weighted by molar-refractivity contribution is 7.09. The number of hydrogen-bond donors (Lipinski definition) is 1. The first-order chi connectivity index (χ1) is 9.34. The Bertz CT molecular complexity index is 598. The summed E-state index contributed by atoms with van der Waals surface area (Å²) in [7, 11) is 0. The lowest BCUT2D eigenvalue weighted by atomic mass is 9.96. The lowest BCUT2D eigenvalue weighted by Crippen LogP contribution is -2.16. The number of carbonyl (C=O) groups is 1. The second-order valence-electron chi connectivity index (χ2n) is 5.71. The highest BCUT2D eigenvalue weighted by atomic mass is 32.1. The zero-order valence-corrected chi connectivity index (χ0v) is 12.9. The molecule has 20 heavy (non-hydrogen) atoms. The molecule has 0 aliphatic carbocycles. The number of carbonyl (C=O) groups excluding carboxylic acids is 1. The van der Waals surface area contributed by atoms with E-state index in [0.717, 1.165) is 17.1 Å². The van der Waals surface area contributed by atoms with E-state index in [1.54, 1.807) is 6.20 Å². The number of pyridine rings is 1. The standard InChI is InChI=1S/C14H18N4OS/c1-9-5-6-10(8-15-9)7-11(19)16-13-17-12(18-20-13)14(2,3)4/h5-6,8H,7H2,1-4H3,(H,16,17,18,19). The largest absolute Gasteiger partial charge is 0.300 e. The number of aryl methyl sites for hydroxylation is 1. The quantitative estimate of drug-likeness (QED) is 0.943. The van der Waals surface area contributed by atoms with Crippen LogP contribution in [-0.4, -0.2) is 20.2 Å². The van der Waals surface area contributed by atoms with Gasteiger partial charge in [0.15, 0.2) is 0 Å². The zero-order valence-electron chi connectivity index (χ0n) is 12.1. The fourth-order valence-electron chi connectivity index (χ4n) is 1.53. The van der Waals surface area contributed by atoms with Gasteiger partial charge in [-0.1, -0.05) is 26.8 Å². The Morgan fingerprint density at radius 3 is 2.65 bits per heavy atom. The van der Waals surface area contributed by atoms with Crippen LogP contribution in [0.1, 0.15) is 37.9 Å². The maximum atomic E-state index is 11.9. The van der Waals surface area contributed by atoms with Crippen LogP contribution < -0.4 is 5.32 Å². The average molecular weight is 290 g/mol. The van der Waals surface area contributed by atoms with E-state index in [1.807, 2.05) is 39.8 Å². The summed E-state index contributed by atoms with van der Waals surface area (Å²) in [6.45, 7) is 8.04. The van der Waals surface area contributed by atoms with Gasteiger partial charge in [0.25, 0.3) is 0 Å². The minimum atomic E-state index is -0.111. The van der Waals surface area contributed by atoms with Gasteiger partial charge >= 0.3 is 0 Å². The van der Waals surface area contributed by atoms with E-state index in [1.165, 1.54) is 11.5 Å². The number of hydrogen-bond acceptors (Lipinski definition) is 5. The summed E-state index contributed by atoms with van der Waals surface area (Å²) in [5.74, 6) is 0.641. The van der Waals surface area contributed by atoms with Gasteiger partial charge in [-0.3, -0.25) is 9.78 Å². The summed E-state index contributed by atoms with van der Waals surface area (Å²) in [6, 6.07) is 3.80. The second-order valence-corrected chi connectivity index (χ2v) is 6.46. The van der Waals surface area contributed by atoms with Gasteiger partial charge in [-0.05, 0) is 18.6 Å². The molecule has 106 valence electrons. The van der Waals surface area contributed by atoms with E-state index < -0.39 is 0 Å².